The first-order chi connectivity index (χ1) is 10.1. The quantitative estimate of drug-likeness (QED) is 0.453. The van der Waals surface area contributed by atoms with E-state index in [1.165, 1.54) is 0 Å². The number of phosphoric acid groups is 1. The van der Waals surface area contributed by atoms with E-state index in [1.807, 2.05) is 42.7 Å². The maximum atomic E-state index is 11.3. The molecule has 0 bridgehead atoms. The van der Waals surface area contributed by atoms with Crippen LogP contribution < -0.4 is 10.2 Å². The third-order valence-electron chi connectivity index (χ3n) is 2.70. The molecule has 0 aliphatic carbocycles. The normalized spacial score (nSPS) is 14.0. The molecule has 1 unspecified atom stereocenters. The number of hydrogen-bond acceptors (Lipinski definition) is 5. The molecule has 0 fully saturated rings. The predicted molar refractivity (Wildman–Crippen MR) is 77.6 cm³/mol. The number of rotatable bonds is 12. The number of ether oxygens (including phenoxy) is 1. The Morgan fingerprint density at radius 1 is 1.10 bits per heavy atom. The monoisotopic (exact) mass is 317 g/mol. The SMILES string of the molecule is C[NH2+]CCOP(=O)([O-])OCCCCOCc1ccccc1. The molecule has 1 aromatic rings. The van der Waals surface area contributed by atoms with E-state index < -0.39 is 7.82 Å². The van der Waals surface area contributed by atoms with Crippen LogP contribution >= 0.6 is 7.82 Å². The molecule has 7 heteroatoms. The summed E-state index contributed by atoms with van der Waals surface area (Å²) in [5, 5.41) is 1.84. The van der Waals surface area contributed by atoms with Gasteiger partial charge < -0.3 is 24.0 Å². The molecule has 0 heterocycles. The third kappa shape index (κ3) is 9.74. The summed E-state index contributed by atoms with van der Waals surface area (Å²) >= 11 is 0. The topological polar surface area (TPSA) is 84.4 Å². The molecule has 2 N–H and O–H groups in total. The lowest BCUT2D eigenvalue weighted by Gasteiger charge is -2.22. The maximum absolute atomic E-state index is 11.3. The lowest BCUT2D eigenvalue weighted by Crippen LogP contribution is -2.80. The highest BCUT2D eigenvalue weighted by atomic mass is 31.2. The zero-order chi connectivity index (χ0) is 15.4. The van der Waals surface area contributed by atoms with Crippen LogP contribution in [0.2, 0.25) is 0 Å². The Balaban J connectivity index is 1.98. The smallest absolute Gasteiger partial charge is 0.268 e. The van der Waals surface area contributed by atoms with Gasteiger partial charge in [0, 0.05) is 6.61 Å². The van der Waals surface area contributed by atoms with Crippen LogP contribution in [0.4, 0.5) is 0 Å². The van der Waals surface area contributed by atoms with Crippen molar-refractivity contribution in [1.82, 2.24) is 0 Å². The fourth-order valence-electron chi connectivity index (χ4n) is 1.57. The predicted octanol–water partition coefficient (Wildman–Crippen LogP) is 0.678. The van der Waals surface area contributed by atoms with Crippen LogP contribution in [0.1, 0.15) is 18.4 Å². The van der Waals surface area contributed by atoms with Gasteiger partial charge in [0.15, 0.2) is 0 Å². The van der Waals surface area contributed by atoms with E-state index in [0.717, 1.165) is 12.0 Å². The Bertz CT molecular complexity index is 415. The highest BCUT2D eigenvalue weighted by Gasteiger charge is 2.08. The Morgan fingerprint density at radius 2 is 1.76 bits per heavy atom. The Hall–Kier alpha value is -0.750. The number of nitrogens with two attached hydrogens (primary N) is 1. The van der Waals surface area contributed by atoms with Gasteiger partial charge in [-0.15, -0.1) is 0 Å². The summed E-state index contributed by atoms with van der Waals surface area (Å²) in [6.45, 7) is 2.00. The van der Waals surface area contributed by atoms with Crippen LogP contribution in [0, 0.1) is 0 Å². The Morgan fingerprint density at radius 3 is 2.48 bits per heavy atom. The van der Waals surface area contributed by atoms with Crippen molar-refractivity contribution in [2.75, 3.05) is 33.4 Å². The number of hydrogen-bond donors (Lipinski definition) is 1. The van der Waals surface area contributed by atoms with Gasteiger partial charge in [0.05, 0.1) is 26.8 Å². The van der Waals surface area contributed by atoms with Crippen molar-refractivity contribution in [2.45, 2.75) is 19.4 Å². The second-order valence-electron chi connectivity index (χ2n) is 4.56. The minimum Gasteiger partial charge on any atom is -0.756 e. The van der Waals surface area contributed by atoms with Crippen molar-refractivity contribution in [1.29, 1.82) is 0 Å². The van der Waals surface area contributed by atoms with Gasteiger partial charge in [0.1, 0.15) is 6.61 Å². The first-order valence-electron chi connectivity index (χ1n) is 7.13. The van der Waals surface area contributed by atoms with Gasteiger partial charge in [0.2, 0.25) is 0 Å². The van der Waals surface area contributed by atoms with Crippen LogP contribution in [-0.2, 0) is 25.0 Å². The van der Waals surface area contributed by atoms with Crippen LogP contribution in [0.5, 0.6) is 0 Å². The molecule has 1 aromatic carbocycles. The van der Waals surface area contributed by atoms with Crippen molar-refractivity contribution >= 4 is 7.82 Å². The van der Waals surface area contributed by atoms with Crippen LogP contribution in [0.15, 0.2) is 30.3 Å². The maximum Gasteiger partial charge on any atom is 0.268 e. The number of benzene rings is 1. The number of quaternary nitrogens is 1. The second kappa shape index (κ2) is 10.9. The van der Waals surface area contributed by atoms with Gasteiger partial charge in [-0.3, -0.25) is 4.57 Å². The number of phosphoric ester groups is 1. The molecule has 120 valence electrons. The molecule has 0 aliphatic heterocycles. The van der Waals surface area contributed by atoms with Crippen molar-refractivity contribution in [3.63, 3.8) is 0 Å². The number of unbranched alkanes of at least 4 members (excludes halogenated alkanes) is 1. The highest BCUT2D eigenvalue weighted by Crippen LogP contribution is 2.37. The van der Waals surface area contributed by atoms with E-state index in [2.05, 4.69) is 4.52 Å². The molecule has 21 heavy (non-hydrogen) atoms. The standard InChI is InChI=1S/C14H24NO5P/c1-15-9-12-20-21(16,17)19-11-6-5-10-18-13-14-7-3-2-4-8-14/h2-4,7-8,15H,5-6,9-13H2,1H3,(H,16,17). The average Bonchev–Trinajstić information content (AvgIpc) is 2.47. The Kier molecular flexibility index (Phi) is 9.50. The molecule has 0 amide bonds. The van der Waals surface area contributed by atoms with Crippen LogP contribution in [-0.4, -0.2) is 33.4 Å². The third-order valence-corrected chi connectivity index (χ3v) is 3.70. The van der Waals surface area contributed by atoms with Crippen molar-refractivity contribution in [3.05, 3.63) is 35.9 Å². The van der Waals surface area contributed by atoms with Crippen LogP contribution in [0.25, 0.3) is 0 Å². The summed E-state index contributed by atoms with van der Waals surface area (Å²) in [5.41, 5.74) is 1.12. The lowest BCUT2D eigenvalue weighted by atomic mass is 10.2. The van der Waals surface area contributed by atoms with Crippen molar-refractivity contribution in [3.8, 4) is 0 Å². The molecule has 1 rings (SSSR count). The van der Waals surface area contributed by atoms with Crippen LogP contribution in [0.3, 0.4) is 0 Å². The highest BCUT2D eigenvalue weighted by molar-refractivity contribution is 7.45. The largest absolute Gasteiger partial charge is 0.756 e. The summed E-state index contributed by atoms with van der Waals surface area (Å²) in [5.74, 6) is 0. The molecule has 0 saturated carbocycles. The minimum atomic E-state index is -4.14. The first-order valence-corrected chi connectivity index (χ1v) is 8.60. The lowest BCUT2D eigenvalue weighted by molar-refractivity contribution is -0.627. The fourth-order valence-corrected chi connectivity index (χ4v) is 2.32. The zero-order valence-electron chi connectivity index (χ0n) is 12.4. The van der Waals surface area contributed by atoms with E-state index in [-0.39, 0.29) is 13.2 Å². The minimum absolute atomic E-state index is 0.130. The first kappa shape index (κ1) is 18.3. The fraction of sp³-hybridized carbons (Fsp3) is 0.571. The van der Waals surface area contributed by atoms with Gasteiger partial charge in [0.25, 0.3) is 7.82 Å². The van der Waals surface area contributed by atoms with E-state index in [1.54, 1.807) is 0 Å². The van der Waals surface area contributed by atoms with E-state index in [9.17, 15) is 9.46 Å². The molecule has 0 saturated heterocycles. The van der Waals surface area contributed by atoms with Crippen molar-refractivity contribution < 1.29 is 28.6 Å². The Labute approximate surface area is 126 Å². The van der Waals surface area contributed by atoms with Gasteiger partial charge in [-0.25, -0.2) is 0 Å². The molecule has 1 atom stereocenters. The average molecular weight is 317 g/mol. The molecule has 0 radical (unpaired) electrons. The van der Waals surface area contributed by atoms with Gasteiger partial charge in [-0.2, -0.15) is 0 Å². The number of likely N-dealkylation sites (N-methyl/N-ethyl adjacent to an activating group) is 1. The summed E-state index contributed by atoms with van der Waals surface area (Å²) < 4.78 is 26.2. The molecule has 0 aromatic heterocycles. The second-order valence-corrected chi connectivity index (χ2v) is 5.97. The summed E-state index contributed by atoms with van der Waals surface area (Å²) in [6, 6.07) is 9.90. The van der Waals surface area contributed by atoms with E-state index in [0.29, 0.717) is 26.2 Å². The van der Waals surface area contributed by atoms with E-state index >= 15 is 0 Å². The molecule has 0 spiro atoms. The van der Waals surface area contributed by atoms with Gasteiger partial charge >= 0.3 is 0 Å². The summed E-state index contributed by atoms with van der Waals surface area (Å²) in [7, 11) is -2.29. The van der Waals surface area contributed by atoms with Gasteiger partial charge in [-0.1, -0.05) is 30.3 Å². The summed E-state index contributed by atoms with van der Waals surface area (Å²) in [6.07, 6.45) is 1.36. The molecule has 0 aliphatic rings. The molecular formula is C14H24NO5P. The molecular weight excluding hydrogens is 293 g/mol. The van der Waals surface area contributed by atoms with Crippen molar-refractivity contribution in [2.24, 2.45) is 0 Å². The van der Waals surface area contributed by atoms with E-state index in [4.69, 9.17) is 9.26 Å². The summed E-state index contributed by atoms with van der Waals surface area (Å²) in [4.78, 5) is 11.3. The molecule has 6 nitrogen and oxygen atoms in total. The van der Waals surface area contributed by atoms with Gasteiger partial charge in [-0.05, 0) is 18.4 Å². The zero-order valence-corrected chi connectivity index (χ0v) is 13.3.